The maximum Gasteiger partial charge on any atom is 0.0853 e. The summed E-state index contributed by atoms with van der Waals surface area (Å²) in [6.07, 6.45) is 1.74. The summed E-state index contributed by atoms with van der Waals surface area (Å²) in [5, 5.41) is 12.9. The van der Waals surface area contributed by atoms with Crippen molar-refractivity contribution < 1.29 is 0 Å². The van der Waals surface area contributed by atoms with Crippen molar-refractivity contribution in [1.82, 2.24) is 9.78 Å². The third-order valence-electron chi connectivity index (χ3n) is 1.83. The van der Waals surface area contributed by atoms with Crippen LogP contribution in [0, 0.1) is 11.3 Å². The van der Waals surface area contributed by atoms with Crippen LogP contribution in [0.25, 0.3) is 0 Å². The first-order valence-corrected chi connectivity index (χ1v) is 4.10. The third-order valence-corrected chi connectivity index (χ3v) is 1.83. The summed E-state index contributed by atoms with van der Waals surface area (Å²) < 4.78 is 1.88. The predicted octanol–water partition coefficient (Wildman–Crippen LogP) is 2.09. The molecule has 1 heterocycles. The van der Waals surface area contributed by atoms with Crippen LogP contribution in [-0.4, -0.2) is 9.78 Å². The molecule has 1 aromatic heterocycles. The van der Waals surface area contributed by atoms with Crippen LogP contribution in [-0.2, 0) is 0 Å². The van der Waals surface area contributed by atoms with Gasteiger partial charge in [-0.25, -0.2) is 0 Å². The van der Waals surface area contributed by atoms with Crippen LogP contribution in [0.15, 0.2) is 12.3 Å². The van der Waals surface area contributed by atoms with Crippen LogP contribution in [0.1, 0.15) is 38.4 Å². The van der Waals surface area contributed by atoms with Gasteiger partial charge in [0.25, 0.3) is 0 Å². The minimum atomic E-state index is -0.0742. The Hall–Kier alpha value is -1.30. The van der Waals surface area contributed by atoms with Gasteiger partial charge in [-0.1, -0.05) is 0 Å². The molecule has 64 valence electrons. The molecule has 0 fully saturated rings. The molecule has 0 aliphatic rings. The molecule has 0 aromatic carbocycles. The smallest absolute Gasteiger partial charge is 0.0853 e. The van der Waals surface area contributed by atoms with Crippen LogP contribution in [0.4, 0.5) is 0 Å². The minimum Gasteiger partial charge on any atom is -0.266 e. The largest absolute Gasteiger partial charge is 0.266 e. The first-order chi connectivity index (χ1) is 5.66. The molecule has 0 saturated heterocycles. The molecule has 3 nitrogen and oxygen atoms in total. The zero-order valence-electron chi connectivity index (χ0n) is 7.65. The maximum absolute atomic E-state index is 8.72. The lowest BCUT2D eigenvalue weighted by Gasteiger charge is -2.11. The van der Waals surface area contributed by atoms with E-state index in [9.17, 15) is 0 Å². The number of nitrogens with zero attached hydrogens (tertiary/aromatic N) is 3. The predicted molar refractivity (Wildman–Crippen MR) is 46.6 cm³/mol. The molecule has 1 unspecified atom stereocenters. The van der Waals surface area contributed by atoms with Crippen molar-refractivity contribution in [2.24, 2.45) is 0 Å². The molecule has 3 heteroatoms. The van der Waals surface area contributed by atoms with E-state index in [4.69, 9.17) is 5.26 Å². The van der Waals surface area contributed by atoms with E-state index >= 15 is 0 Å². The normalized spacial score (nSPS) is 12.9. The molecule has 1 rings (SSSR count). The van der Waals surface area contributed by atoms with Crippen molar-refractivity contribution in [2.45, 2.75) is 32.7 Å². The highest BCUT2D eigenvalue weighted by molar-refractivity contribution is 5.14. The monoisotopic (exact) mass is 163 g/mol. The Labute approximate surface area is 72.6 Å². The Morgan fingerprint density at radius 2 is 2.17 bits per heavy atom. The zero-order chi connectivity index (χ0) is 9.14. The van der Waals surface area contributed by atoms with Crippen molar-refractivity contribution in [3.63, 3.8) is 0 Å². The van der Waals surface area contributed by atoms with Gasteiger partial charge in [0.15, 0.2) is 0 Å². The van der Waals surface area contributed by atoms with Crippen molar-refractivity contribution in [3.05, 3.63) is 18.0 Å². The topological polar surface area (TPSA) is 41.6 Å². The average Bonchev–Trinajstić information content (AvgIpc) is 2.50. The van der Waals surface area contributed by atoms with Crippen molar-refractivity contribution in [3.8, 4) is 6.07 Å². The lowest BCUT2D eigenvalue weighted by Crippen LogP contribution is -2.08. The highest BCUT2D eigenvalue weighted by Gasteiger charge is 2.11. The van der Waals surface area contributed by atoms with Crippen molar-refractivity contribution in [1.29, 1.82) is 5.26 Å². The minimum absolute atomic E-state index is 0.0742. The summed E-state index contributed by atoms with van der Waals surface area (Å²) in [4.78, 5) is 0. The lowest BCUT2D eigenvalue weighted by molar-refractivity contribution is 0.505. The highest BCUT2D eigenvalue weighted by Crippen LogP contribution is 2.16. The van der Waals surface area contributed by atoms with Gasteiger partial charge in [-0.05, 0) is 26.8 Å². The van der Waals surface area contributed by atoms with Crippen LogP contribution >= 0.6 is 0 Å². The van der Waals surface area contributed by atoms with Gasteiger partial charge in [0, 0.05) is 12.2 Å². The third kappa shape index (κ3) is 1.48. The van der Waals surface area contributed by atoms with Crippen LogP contribution in [0.3, 0.4) is 0 Å². The van der Waals surface area contributed by atoms with Gasteiger partial charge in [0.2, 0.25) is 0 Å². The molecule has 0 aliphatic carbocycles. The summed E-state index contributed by atoms with van der Waals surface area (Å²) in [5.41, 5.74) is 0.993. The second kappa shape index (κ2) is 3.40. The van der Waals surface area contributed by atoms with Gasteiger partial charge in [-0.2, -0.15) is 10.4 Å². The summed E-state index contributed by atoms with van der Waals surface area (Å²) in [6, 6.07) is 4.42. The Morgan fingerprint density at radius 3 is 2.67 bits per heavy atom. The number of hydrogen-bond donors (Lipinski definition) is 0. The molecule has 12 heavy (non-hydrogen) atoms. The number of rotatable bonds is 2. The van der Waals surface area contributed by atoms with Crippen LogP contribution < -0.4 is 0 Å². The molecule has 0 aliphatic heterocycles. The molecule has 0 radical (unpaired) electrons. The summed E-state index contributed by atoms with van der Waals surface area (Å²) in [7, 11) is 0. The SMILES string of the molecule is CC(C#N)c1ccnn1C(C)C. The molecule has 1 atom stereocenters. The molecular weight excluding hydrogens is 150 g/mol. The molecule has 1 aromatic rings. The molecule has 0 saturated carbocycles. The molecule has 0 N–H and O–H groups in total. The van der Waals surface area contributed by atoms with Crippen LogP contribution in [0.5, 0.6) is 0 Å². The van der Waals surface area contributed by atoms with Gasteiger partial charge in [0.05, 0.1) is 17.7 Å². The van der Waals surface area contributed by atoms with E-state index in [1.807, 2.05) is 17.7 Å². The standard InChI is InChI=1S/C9H13N3/c1-7(2)12-9(4-5-11-12)8(3)6-10/h4-5,7-8H,1-3H3. The summed E-state index contributed by atoms with van der Waals surface area (Å²) in [6.45, 7) is 6.00. The lowest BCUT2D eigenvalue weighted by atomic mass is 10.1. The van der Waals surface area contributed by atoms with Gasteiger partial charge in [0.1, 0.15) is 0 Å². The van der Waals surface area contributed by atoms with E-state index < -0.39 is 0 Å². The quantitative estimate of drug-likeness (QED) is 0.669. The van der Waals surface area contributed by atoms with E-state index in [1.165, 1.54) is 0 Å². The molecule has 0 amide bonds. The van der Waals surface area contributed by atoms with E-state index in [2.05, 4.69) is 25.0 Å². The maximum atomic E-state index is 8.72. The summed E-state index contributed by atoms with van der Waals surface area (Å²) >= 11 is 0. The Balaban J connectivity index is 3.01. The van der Waals surface area contributed by atoms with Crippen LogP contribution in [0.2, 0.25) is 0 Å². The summed E-state index contributed by atoms with van der Waals surface area (Å²) in [5.74, 6) is -0.0742. The molecule has 0 spiro atoms. The fraction of sp³-hybridized carbons (Fsp3) is 0.556. The first kappa shape index (κ1) is 8.79. The van der Waals surface area contributed by atoms with Gasteiger partial charge < -0.3 is 0 Å². The molecule has 0 bridgehead atoms. The van der Waals surface area contributed by atoms with E-state index in [-0.39, 0.29) is 5.92 Å². The number of nitriles is 1. The number of hydrogen-bond acceptors (Lipinski definition) is 2. The van der Waals surface area contributed by atoms with Crippen molar-refractivity contribution in [2.75, 3.05) is 0 Å². The van der Waals surface area contributed by atoms with E-state index in [0.29, 0.717) is 6.04 Å². The fourth-order valence-electron chi connectivity index (χ4n) is 1.16. The first-order valence-electron chi connectivity index (χ1n) is 4.10. The van der Waals surface area contributed by atoms with E-state index in [1.54, 1.807) is 6.20 Å². The Kier molecular flexibility index (Phi) is 2.49. The Bertz CT molecular complexity index is 293. The average molecular weight is 163 g/mol. The van der Waals surface area contributed by atoms with Gasteiger partial charge in [-0.15, -0.1) is 0 Å². The molecular formula is C9H13N3. The van der Waals surface area contributed by atoms with Gasteiger partial charge in [-0.3, -0.25) is 4.68 Å². The fourth-order valence-corrected chi connectivity index (χ4v) is 1.16. The highest BCUT2D eigenvalue weighted by atomic mass is 15.3. The second-order valence-electron chi connectivity index (χ2n) is 3.15. The van der Waals surface area contributed by atoms with E-state index in [0.717, 1.165) is 5.69 Å². The Morgan fingerprint density at radius 1 is 1.50 bits per heavy atom. The second-order valence-corrected chi connectivity index (χ2v) is 3.15. The number of aromatic nitrogens is 2. The van der Waals surface area contributed by atoms with Gasteiger partial charge >= 0.3 is 0 Å². The van der Waals surface area contributed by atoms with Crippen molar-refractivity contribution >= 4 is 0 Å². The zero-order valence-corrected chi connectivity index (χ0v) is 7.65.